The van der Waals surface area contributed by atoms with Crippen LogP contribution in [0.25, 0.3) is 0 Å². The molecule has 0 heterocycles. The van der Waals surface area contributed by atoms with Gasteiger partial charge in [0.2, 0.25) is 5.78 Å². The van der Waals surface area contributed by atoms with E-state index in [9.17, 15) is 9.59 Å². The summed E-state index contributed by atoms with van der Waals surface area (Å²) in [5, 5.41) is 0. The molecule has 1 aromatic rings. The van der Waals surface area contributed by atoms with Crippen molar-refractivity contribution in [3.05, 3.63) is 35.9 Å². The minimum Gasteiger partial charge on any atom is -0.294 e. The first-order valence-electron chi connectivity index (χ1n) is 4.80. The molecule has 76 valence electrons. The van der Waals surface area contributed by atoms with Gasteiger partial charge in [-0.05, 0) is 0 Å². The van der Waals surface area contributed by atoms with Crippen LogP contribution < -0.4 is 0 Å². The molecular weight excluding hydrogens is 176 g/mol. The van der Waals surface area contributed by atoms with Gasteiger partial charge in [0.25, 0.3) is 0 Å². The third-order valence-corrected chi connectivity index (χ3v) is 1.67. The molecule has 1 rings (SSSR count). The van der Waals surface area contributed by atoms with Crippen LogP contribution in [0.1, 0.15) is 37.0 Å². The molecular formula is C12H16O2. The van der Waals surface area contributed by atoms with Gasteiger partial charge < -0.3 is 0 Å². The third kappa shape index (κ3) is 5.25. The molecule has 0 atom stereocenters. The fourth-order valence-corrected chi connectivity index (χ4v) is 0.670. The van der Waals surface area contributed by atoms with Gasteiger partial charge in [0.15, 0.2) is 6.29 Å². The van der Waals surface area contributed by atoms with Crippen LogP contribution in [0, 0.1) is 0 Å². The predicted molar refractivity (Wildman–Crippen MR) is 57.4 cm³/mol. The van der Waals surface area contributed by atoms with Crippen molar-refractivity contribution in [1.29, 1.82) is 0 Å². The molecule has 2 nitrogen and oxygen atoms in total. The fourth-order valence-electron chi connectivity index (χ4n) is 0.670. The van der Waals surface area contributed by atoms with Crippen LogP contribution in [0.4, 0.5) is 0 Å². The van der Waals surface area contributed by atoms with Gasteiger partial charge in [-0.1, -0.05) is 57.0 Å². The van der Waals surface area contributed by atoms with Gasteiger partial charge in [0, 0.05) is 5.56 Å². The minimum absolute atomic E-state index is 0.315. The summed E-state index contributed by atoms with van der Waals surface area (Å²) in [6, 6.07) is 8.45. The Hall–Kier alpha value is -1.44. The van der Waals surface area contributed by atoms with E-state index in [4.69, 9.17) is 0 Å². The molecule has 0 saturated carbocycles. The summed E-state index contributed by atoms with van der Waals surface area (Å²) < 4.78 is 0. The first-order chi connectivity index (χ1) is 6.76. The lowest BCUT2D eigenvalue weighted by atomic mass is 10.1. The lowest BCUT2D eigenvalue weighted by Gasteiger charge is -1.88. The van der Waals surface area contributed by atoms with E-state index in [2.05, 4.69) is 13.8 Å². The smallest absolute Gasteiger partial charge is 0.225 e. The SMILES string of the molecule is CCCC.O=CC(=O)c1ccccc1. The Labute approximate surface area is 84.9 Å². The summed E-state index contributed by atoms with van der Waals surface area (Å²) in [6.07, 6.45) is 2.95. The zero-order valence-corrected chi connectivity index (χ0v) is 8.69. The van der Waals surface area contributed by atoms with Gasteiger partial charge in [-0.3, -0.25) is 9.59 Å². The van der Waals surface area contributed by atoms with E-state index in [0.717, 1.165) is 0 Å². The Kier molecular flexibility index (Phi) is 7.33. The first-order valence-corrected chi connectivity index (χ1v) is 4.80. The van der Waals surface area contributed by atoms with Crippen LogP contribution in [-0.4, -0.2) is 12.1 Å². The quantitative estimate of drug-likeness (QED) is 0.419. The summed E-state index contributed by atoms with van der Waals surface area (Å²) in [7, 11) is 0. The molecule has 0 aliphatic carbocycles. The van der Waals surface area contributed by atoms with Crippen molar-refractivity contribution in [2.45, 2.75) is 26.7 Å². The van der Waals surface area contributed by atoms with Crippen LogP contribution in [0.15, 0.2) is 30.3 Å². The molecule has 14 heavy (non-hydrogen) atoms. The van der Waals surface area contributed by atoms with Crippen LogP contribution >= 0.6 is 0 Å². The molecule has 0 amide bonds. The molecule has 0 N–H and O–H groups in total. The molecule has 0 spiro atoms. The molecule has 0 aromatic heterocycles. The molecule has 0 aliphatic heterocycles. The predicted octanol–water partition coefficient (Wildman–Crippen LogP) is 2.87. The maximum Gasteiger partial charge on any atom is 0.225 e. The summed E-state index contributed by atoms with van der Waals surface area (Å²) in [5.41, 5.74) is 0.442. The highest BCUT2D eigenvalue weighted by Crippen LogP contribution is 1.96. The van der Waals surface area contributed by atoms with E-state index in [1.165, 1.54) is 12.8 Å². The summed E-state index contributed by atoms with van der Waals surface area (Å²) in [5.74, 6) is -0.472. The van der Waals surface area contributed by atoms with E-state index in [1.807, 2.05) is 0 Å². The minimum atomic E-state index is -0.472. The molecule has 0 aliphatic rings. The van der Waals surface area contributed by atoms with Crippen molar-refractivity contribution in [2.75, 3.05) is 0 Å². The standard InChI is InChI=1S/C8H6O2.C4H10/c9-6-8(10)7-4-2-1-3-5-7;1-3-4-2/h1-6H;3-4H2,1-2H3. The molecule has 0 saturated heterocycles. The van der Waals surface area contributed by atoms with Crippen molar-refractivity contribution in [2.24, 2.45) is 0 Å². The number of ketones is 1. The van der Waals surface area contributed by atoms with E-state index >= 15 is 0 Å². The largest absolute Gasteiger partial charge is 0.294 e. The first kappa shape index (κ1) is 12.6. The van der Waals surface area contributed by atoms with Gasteiger partial charge >= 0.3 is 0 Å². The Bertz CT molecular complexity index is 263. The number of rotatable bonds is 3. The molecule has 1 aromatic carbocycles. The van der Waals surface area contributed by atoms with Gasteiger partial charge in [-0.15, -0.1) is 0 Å². The molecule has 2 heteroatoms. The fraction of sp³-hybridized carbons (Fsp3) is 0.333. The zero-order valence-electron chi connectivity index (χ0n) is 8.69. The average Bonchev–Trinajstić information content (AvgIpc) is 2.29. The normalized spacial score (nSPS) is 8.43. The van der Waals surface area contributed by atoms with Crippen molar-refractivity contribution in [3.63, 3.8) is 0 Å². The number of Topliss-reactive ketones (excluding diaryl/α,β-unsaturated/α-hetero) is 1. The van der Waals surface area contributed by atoms with E-state index < -0.39 is 5.78 Å². The lowest BCUT2D eigenvalue weighted by molar-refractivity contribution is -0.104. The number of aldehydes is 1. The van der Waals surface area contributed by atoms with Gasteiger partial charge in [0.05, 0.1) is 0 Å². The number of carbonyl (C=O) groups is 2. The van der Waals surface area contributed by atoms with Crippen LogP contribution in [0.2, 0.25) is 0 Å². The van der Waals surface area contributed by atoms with Crippen LogP contribution in [0.3, 0.4) is 0 Å². The Morgan fingerprint density at radius 2 is 1.64 bits per heavy atom. The lowest BCUT2D eigenvalue weighted by Crippen LogP contribution is -1.97. The van der Waals surface area contributed by atoms with E-state index in [-0.39, 0.29) is 0 Å². The second kappa shape index (κ2) is 8.17. The monoisotopic (exact) mass is 192 g/mol. The summed E-state index contributed by atoms with van der Waals surface area (Å²) in [4.78, 5) is 20.6. The highest BCUT2D eigenvalue weighted by molar-refractivity contribution is 6.33. The summed E-state index contributed by atoms with van der Waals surface area (Å²) >= 11 is 0. The topological polar surface area (TPSA) is 34.1 Å². The Balaban J connectivity index is 0.000000364. The second-order valence-electron chi connectivity index (χ2n) is 2.85. The number of hydrogen-bond acceptors (Lipinski definition) is 2. The highest BCUT2D eigenvalue weighted by Gasteiger charge is 1.99. The van der Waals surface area contributed by atoms with Gasteiger partial charge in [-0.2, -0.15) is 0 Å². The van der Waals surface area contributed by atoms with Gasteiger partial charge in [-0.25, -0.2) is 0 Å². The maximum atomic E-state index is 10.6. The number of unbranched alkanes of at least 4 members (excludes halogenated alkanes) is 1. The number of carbonyl (C=O) groups excluding carboxylic acids is 2. The van der Waals surface area contributed by atoms with Gasteiger partial charge in [0.1, 0.15) is 0 Å². The highest BCUT2D eigenvalue weighted by atomic mass is 16.2. The zero-order chi connectivity index (χ0) is 10.8. The van der Waals surface area contributed by atoms with E-state index in [0.29, 0.717) is 11.8 Å². The number of benzene rings is 1. The third-order valence-electron chi connectivity index (χ3n) is 1.67. The molecule has 0 unspecified atom stereocenters. The van der Waals surface area contributed by atoms with E-state index in [1.54, 1.807) is 30.3 Å². The molecule has 0 fully saturated rings. The molecule has 0 bridgehead atoms. The van der Waals surface area contributed by atoms with Crippen molar-refractivity contribution < 1.29 is 9.59 Å². The van der Waals surface area contributed by atoms with Crippen molar-refractivity contribution >= 4 is 12.1 Å². The van der Waals surface area contributed by atoms with Crippen LogP contribution in [0.5, 0.6) is 0 Å². The number of hydrogen-bond donors (Lipinski definition) is 0. The summed E-state index contributed by atoms with van der Waals surface area (Å²) in [6.45, 7) is 4.36. The second-order valence-corrected chi connectivity index (χ2v) is 2.85. The Morgan fingerprint density at radius 3 is 2.00 bits per heavy atom. The maximum absolute atomic E-state index is 10.6. The molecule has 0 radical (unpaired) electrons. The average molecular weight is 192 g/mol. The van der Waals surface area contributed by atoms with Crippen molar-refractivity contribution in [1.82, 2.24) is 0 Å². The van der Waals surface area contributed by atoms with Crippen molar-refractivity contribution in [3.8, 4) is 0 Å². The van der Waals surface area contributed by atoms with Crippen LogP contribution in [-0.2, 0) is 4.79 Å². The Morgan fingerprint density at radius 1 is 1.14 bits per heavy atom.